The summed E-state index contributed by atoms with van der Waals surface area (Å²) in [4.78, 5) is 12.0. The van der Waals surface area contributed by atoms with Crippen LogP contribution >= 0.6 is 50.7 Å². The van der Waals surface area contributed by atoms with Crippen LogP contribution in [0.15, 0.2) is 40.9 Å². The third-order valence-corrected chi connectivity index (χ3v) is 3.65. The van der Waals surface area contributed by atoms with E-state index < -0.39 is 5.97 Å². The van der Waals surface area contributed by atoms with Gasteiger partial charge in [0.25, 0.3) is 0 Å². The SMILES string of the molecule is O=C(Oc1ccc(Cl)cc1Br)c1ccc(Cl)cc1Cl. The molecule has 0 atom stereocenters. The number of ether oxygens (including phenoxy) is 1. The lowest BCUT2D eigenvalue weighted by Gasteiger charge is -2.08. The highest BCUT2D eigenvalue weighted by molar-refractivity contribution is 9.10. The minimum absolute atomic E-state index is 0.239. The maximum absolute atomic E-state index is 12.0. The molecule has 0 saturated carbocycles. The Morgan fingerprint density at radius 2 is 1.63 bits per heavy atom. The highest BCUT2D eigenvalue weighted by Crippen LogP contribution is 2.29. The van der Waals surface area contributed by atoms with Gasteiger partial charge in [0, 0.05) is 10.0 Å². The lowest BCUT2D eigenvalue weighted by Crippen LogP contribution is -2.09. The Morgan fingerprint density at radius 3 is 2.26 bits per heavy atom. The van der Waals surface area contributed by atoms with Crippen molar-refractivity contribution in [1.29, 1.82) is 0 Å². The van der Waals surface area contributed by atoms with Gasteiger partial charge in [-0.15, -0.1) is 0 Å². The normalized spacial score (nSPS) is 10.3. The van der Waals surface area contributed by atoms with Gasteiger partial charge >= 0.3 is 5.97 Å². The van der Waals surface area contributed by atoms with Crippen molar-refractivity contribution in [3.8, 4) is 5.75 Å². The van der Waals surface area contributed by atoms with Gasteiger partial charge in [-0.25, -0.2) is 4.79 Å². The third-order valence-electron chi connectivity index (χ3n) is 2.25. The van der Waals surface area contributed by atoms with E-state index in [1.165, 1.54) is 12.1 Å². The molecule has 0 aliphatic heterocycles. The van der Waals surface area contributed by atoms with Crippen LogP contribution in [0, 0.1) is 0 Å². The van der Waals surface area contributed by atoms with Crippen LogP contribution in [-0.2, 0) is 0 Å². The van der Waals surface area contributed by atoms with E-state index in [1.807, 2.05) is 0 Å². The molecule has 0 fully saturated rings. The monoisotopic (exact) mass is 378 g/mol. The van der Waals surface area contributed by atoms with Gasteiger partial charge in [0.1, 0.15) is 5.75 Å². The molecule has 0 saturated heterocycles. The molecule has 0 spiro atoms. The Hall–Kier alpha value is -0.740. The fourth-order valence-corrected chi connectivity index (χ4v) is 2.62. The molecule has 0 amide bonds. The van der Waals surface area contributed by atoms with E-state index in [4.69, 9.17) is 39.5 Å². The summed E-state index contributed by atoms with van der Waals surface area (Å²) in [5.74, 6) is -0.204. The van der Waals surface area contributed by atoms with Gasteiger partial charge in [-0.2, -0.15) is 0 Å². The van der Waals surface area contributed by atoms with E-state index in [9.17, 15) is 4.79 Å². The molecule has 0 bridgehead atoms. The minimum Gasteiger partial charge on any atom is -0.422 e. The zero-order chi connectivity index (χ0) is 14.0. The maximum atomic E-state index is 12.0. The zero-order valence-electron chi connectivity index (χ0n) is 9.29. The van der Waals surface area contributed by atoms with Crippen molar-refractivity contribution in [1.82, 2.24) is 0 Å². The summed E-state index contributed by atoms with van der Waals surface area (Å²) in [7, 11) is 0. The standard InChI is InChI=1S/C13H6BrCl3O2/c14-10-5-7(15)2-4-12(10)19-13(18)9-3-1-8(16)6-11(9)17/h1-6H. The molecule has 0 unspecified atom stereocenters. The van der Waals surface area contributed by atoms with Crippen LogP contribution in [-0.4, -0.2) is 5.97 Å². The number of carbonyl (C=O) groups is 1. The summed E-state index contributed by atoms with van der Waals surface area (Å²) in [6, 6.07) is 9.41. The molecule has 2 aromatic rings. The average Bonchev–Trinajstić information content (AvgIpc) is 2.32. The summed E-state index contributed by atoms with van der Waals surface area (Å²) >= 11 is 20.8. The van der Waals surface area contributed by atoms with Gasteiger partial charge in [0.15, 0.2) is 0 Å². The molecule has 2 nitrogen and oxygen atoms in total. The van der Waals surface area contributed by atoms with E-state index in [2.05, 4.69) is 15.9 Å². The largest absolute Gasteiger partial charge is 0.422 e. The van der Waals surface area contributed by atoms with Crippen molar-refractivity contribution in [3.63, 3.8) is 0 Å². The summed E-state index contributed by atoms with van der Waals surface area (Å²) in [5, 5.41) is 1.23. The molecule has 6 heteroatoms. The van der Waals surface area contributed by atoms with Gasteiger partial charge in [-0.1, -0.05) is 34.8 Å². The Balaban J connectivity index is 2.25. The molecule has 0 N–H and O–H groups in total. The van der Waals surface area contributed by atoms with Crippen molar-refractivity contribution < 1.29 is 9.53 Å². The molecule has 0 aliphatic rings. The first-order valence-electron chi connectivity index (χ1n) is 5.09. The highest BCUT2D eigenvalue weighted by Gasteiger charge is 2.14. The first-order chi connectivity index (χ1) is 8.97. The van der Waals surface area contributed by atoms with Gasteiger partial charge in [-0.05, 0) is 52.3 Å². The van der Waals surface area contributed by atoms with Crippen molar-refractivity contribution >= 4 is 56.7 Å². The predicted molar refractivity (Wildman–Crippen MR) is 80.6 cm³/mol. The summed E-state index contributed by atoms with van der Waals surface area (Å²) in [5.41, 5.74) is 0.243. The first kappa shape index (κ1) is 14.7. The second-order valence-electron chi connectivity index (χ2n) is 3.59. The summed E-state index contributed by atoms with van der Waals surface area (Å²) in [6.45, 7) is 0. The number of halogens is 4. The number of carbonyl (C=O) groups excluding carboxylic acids is 1. The Morgan fingerprint density at radius 1 is 1.00 bits per heavy atom. The van der Waals surface area contributed by atoms with Crippen LogP contribution in [0.1, 0.15) is 10.4 Å². The topological polar surface area (TPSA) is 26.3 Å². The number of hydrogen-bond donors (Lipinski definition) is 0. The van der Waals surface area contributed by atoms with Crippen molar-refractivity contribution in [2.24, 2.45) is 0 Å². The van der Waals surface area contributed by atoms with Crippen LogP contribution in [0.2, 0.25) is 15.1 Å². The van der Waals surface area contributed by atoms with Gasteiger partial charge in [0.2, 0.25) is 0 Å². The lowest BCUT2D eigenvalue weighted by atomic mass is 10.2. The lowest BCUT2D eigenvalue weighted by molar-refractivity contribution is 0.0734. The third kappa shape index (κ3) is 3.63. The molecular weight excluding hydrogens is 374 g/mol. The van der Waals surface area contributed by atoms with Crippen LogP contribution < -0.4 is 4.74 Å². The summed E-state index contributed by atoms with van der Waals surface area (Å²) in [6.07, 6.45) is 0. The quantitative estimate of drug-likeness (QED) is 0.499. The molecule has 0 heterocycles. The van der Waals surface area contributed by atoms with E-state index in [0.29, 0.717) is 20.3 Å². The maximum Gasteiger partial charge on any atom is 0.345 e. The Kier molecular flexibility index (Phi) is 4.74. The molecule has 98 valence electrons. The number of rotatable bonds is 2. The molecule has 19 heavy (non-hydrogen) atoms. The van der Waals surface area contributed by atoms with E-state index in [1.54, 1.807) is 24.3 Å². The Labute approximate surface area is 133 Å². The second kappa shape index (κ2) is 6.14. The van der Waals surface area contributed by atoms with Gasteiger partial charge < -0.3 is 4.74 Å². The number of benzene rings is 2. The van der Waals surface area contributed by atoms with Gasteiger partial charge in [-0.3, -0.25) is 0 Å². The highest BCUT2D eigenvalue weighted by atomic mass is 79.9. The average molecular weight is 380 g/mol. The van der Waals surface area contributed by atoms with E-state index in [-0.39, 0.29) is 10.6 Å². The number of esters is 1. The number of hydrogen-bond acceptors (Lipinski definition) is 2. The fourth-order valence-electron chi connectivity index (χ4n) is 1.37. The molecule has 0 radical (unpaired) electrons. The minimum atomic E-state index is -0.565. The van der Waals surface area contributed by atoms with Crippen molar-refractivity contribution in [2.75, 3.05) is 0 Å². The first-order valence-corrected chi connectivity index (χ1v) is 7.02. The van der Waals surface area contributed by atoms with Crippen LogP contribution in [0.4, 0.5) is 0 Å². The van der Waals surface area contributed by atoms with E-state index >= 15 is 0 Å². The fraction of sp³-hybridized carbons (Fsp3) is 0. The second-order valence-corrected chi connectivity index (χ2v) is 5.72. The molecular formula is C13H6BrCl3O2. The van der Waals surface area contributed by atoms with Crippen LogP contribution in [0.5, 0.6) is 5.75 Å². The predicted octanol–water partition coefficient (Wildman–Crippen LogP) is 5.63. The molecule has 0 aromatic heterocycles. The zero-order valence-corrected chi connectivity index (χ0v) is 13.1. The van der Waals surface area contributed by atoms with Crippen LogP contribution in [0.25, 0.3) is 0 Å². The molecule has 2 rings (SSSR count). The molecule has 0 aliphatic carbocycles. The van der Waals surface area contributed by atoms with Crippen LogP contribution in [0.3, 0.4) is 0 Å². The van der Waals surface area contributed by atoms with Gasteiger partial charge in [0.05, 0.1) is 15.1 Å². The molecule has 2 aromatic carbocycles. The van der Waals surface area contributed by atoms with Crippen molar-refractivity contribution in [2.45, 2.75) is 0 Å². The smallest absolute Gasteiger partial charge is 0.345 e. The van der Waals surface area contributed by atoms with E-state index in [0.717, 1.165) is 0 Å². The summed E-state index contributed by atoms with van der Waals surface area (Å²) < 4.78 is 5.82. The Bertz CT molecular complexity index is 644. The van der Waals surface area contributed by atoms with Crippen molar-refractivity contribution in [3.05, 3.63) is 61.5 Å².